The van der Waals surface area contributed by atoms with Crippen LogP contribution < -0.4 is 10.6 Å². The molecule has 0 aliphatic rings. The van der Waals surface area contributed by atoms with E-state index in [1.807, 2.05) is 0 Å². The number of aryl methyl sites for hydroxylation is 1. The Morgan fingerprint density at radius 3 is 2.57 bits per heavy atom. The van der Waals surface area contributed by atoms with E-state index in [1.54, 1.807) is 0 Å². The first kappa shape index (κ1) is 16.7. The average Bonchev–Trinajstić information content (AvgIpc) is 2.86. The third-order valence-electron chi connectivity index (χ3n) is 2.70. The summed E-state index contributed by atoms with van der Waals surface area (Å²) in [4.78, 5) is 25.9. The maximum Gasteiger partial charge on any atom is 0.422 e. The lowest BCUT2D eigenvalue weighted by atomic mass is 10.0. The molecule has 0 aromatic carbocycles. The molecule has 1 aromatic heterocycles. The van der Waals surface area contributed by atoms with Crippen molar-refractivity contribution in [1.82, 2.24) is 25.8 Å². The van der Waals surface area contributed by atoms with Crippen molar-refractivity contribution in [3.8, 4) is 0 Å². The normalized spacial score (nSPS) is 14.3. The smallest absolute Gasteiger partial charge is 0.422 e. The maximum atomic E-state index is 12.6. The molecule has 1 heterocycles. The van der Waals surface area contributed by atoms with E-state index in [4.69, 9.17) is 5.11 Å². The number of alkyl halides is 3. The van der Waals surface area contributed by atoms with E-state index in [1.165, 1.54) is 11.6 Å². The van der Waals surface area contributed by atoms with Gasteiger partial charge in [0.1, 0.15) is 12.2 Å². The van der Waals surface area contributed by atoms with Crippen LogP contribution in [0, 0.1) is 0 Å². The molecule has 1 aromatic rings. The van der Waals surface area contributed by atoms with Crippen LogP contribution in [-0.4, -0.2) is 50.5 Å². The van der Waals surface area contributed by atoms with E-state index >= 15 is 0 Å². The van der Waals surface area contributed by atoms with Gasteiger partial charge in [0.05, 0.1) is 0 Å². The van der Waals surface area contributed by atoms with Gasteiger partial charge in [0, 0.05) is 13.0 Å². The van der Waals surface area contributed by atoms with E-state index in [0.717, 1.165) is 0 Å². The summed E-state index contributed by atoms with van der Waals surface area (Å²) in [6, 6.07) is -1.21. The number of aromatic amines is 1. The van der Waals surface area contributed by atoms with Gasteiger partial charge in [0.15, 0.2) is 0 Å². The number of hydrogen-bond donors (Lipinski definition) is 4. The molecule has 4 N–H and O–H groups in total. The molecule has 0 bridgehead atoms. The number of aromatic nitrogens is 3. The van der Waals surface area contributed by atoms with Crippen LogP contribution in [0.5, 0.6) is 0 Å². The minimum absolute atomic E-state index is 0.0556. The van der Waals surface area contributed by atoms with Crippen LogP contribution in [0.15, 0.2) is 6.33 Å². The maximum absolute atomic E-state index is 12.6. The number of carbonyl (C=O) groups is 2. The largest absolute Gasteiger partial charge is 0.479 e. The number of rotatable bonds is 6. The number of carboxylic acids is 1. The van der Waals surface area contributed by atoms with Crippen LogP contribution in [0.2, 0.25) is 0 Å². The first-order valence-electron chi connectivity index (χ1n) is 5.87. The molecule has 1 rings (SSSR count). The van der Waals surface area contributed by atoms with Gasteiger partial charge in [-0.1, -0.05) is 0 Å². The lowest BCUT2D eigenvalue weighted by Crippen LogP contribution is -2.63. The van der Waals surface area contributed by atoms with Crippen molar-refractivity contribution in [2.24, 2.45) is 0 Å². The van der Waals surface area contributed by atoms with Crippen LogP contribution in [0.25, 0.3) is 0 Å². The van der Waals surface area contributed by atoms with Gasteiger partial charge in [-0.2, -0.15) is 18.3 Å². The number of amides is 2. The molecule has 0 saturated heterocycles. The van der Waals surface area contributed by atoms with Gasteiger partial charge in [-0.15, -0.1) is 0 Å². The molecule has 0 radical (unpaired) electrons. The zero-order valence-electron chi connectivity index (χ0n) is 11.0. The first-order chi connectivity index (χ1) is 9.67. The van der Waals surface area contributed by atoms with Crippen LogP contribution in [0.1, 0.15) is 19.2 Å². The monoisotopic (exact) mass is 309 g/mol. The minimum atomic E-state index is -5.12. The average molecular weight is 309 g/mol. The van der Waals surface area contributed by atoms with Crippen molar-refractivity contribution < 1.29 is 27.9 Å². The van der Waals surface area contributed by atoms with Crippen molar-refractivity contribution in [1.29, 1.82) is 0 Å². The second-order valence-corrected chi connectivity index (χ2v) is 4.34. The number of urea groups is 1. The zero-order valence-corrected chi connectivity index (χ0v) is 11.0. The molecule has 1 unspecified atom stereocenters. The Kier molecular flexibility index (Phi) is 5.11. The fourth-order valence-electron chi connectivity index (χ4n) is 1.33. The summed E-state index contributed by atoms with van der Waals surface area (Å²) >= 11 is 0. The van der Waals surface area contributed by atoms with Gasteiger partial charge in [-0.3, -0.25) is 5.10 Å². The molecule has 8 nitrogen and oxygen atoms in total. The molecule has 0 fully saturated rings. The Morgan fingerprint density at radius 2 is 2.10 bits per heavy atom. The predicted molar refractivity (Wildman–Crippen MR) is 63.3 cm³/mol. The van der Waals surface area contributed by atoms with Crippen molar-refractivity contribution in [3.63, 3.8) is 0 Å². The van der Waals surface area contributed by atoms with Gasteiger partial charge in [-0.05, 0) is 13.3 Å². The van der Waals surface area contributed by atoms with Crippen molar-refractivity contribution in [2.75, 3.05) is 6.54 Å². The molecule has 118 valence electrons. The van der Waals surface area contributed by atoms with Gasteiger partial charge < -0.3 is 15.7 Å². The molecule has 0 saturated carbocycles. The van der Waals surface area contributed by atoms with Crippen molar-refractivity contribution in [3.05, 3.63) is 12.2 Å². The Bertz CT molecular complexity index is 491. The molecule has 0 spiro atoms. The number of carboxylic acid groups (broad SMARTS) is 1. The summed E-state index contributed by atoms with van der Waals surface area (Å²) in [5, 5.41) is 18.4. The van der Waals surface area contributed by atoms with E-state index in [2.05, 4.69) is 20.5 Å². The van der Waals surface area contributed by atoms with Gasteiger partial charge >= 0.3 is 18.2 Å². The topological polar surface area (TPSA) is 120 Å². The SMILES string of the molecule is CC(NC(=O)NCCCc1ncn[nH]1)(C(=O)O)C(F)(F)F. The van der Waals surface area contributed by atoms with E-state index in [-0.39, 0.29) is 6.54 Å². The van der Waals surface area contributed by atoms with Crippen LogP contribution in [0.3, 0.4) is 0 Å². The highest BCUT2D eigenvalue weighted by Gasteiger charge is 2.58. The van der Waals surface area contributed by atoms with E-state index in [0.29, 0.717) is 25.6 Å². The Balaban J connectivity index is 2.43. The predicted octanol–water partition coefficient (Wildman–Crippen LogP) is 0.442. The molecule has 21 heavy (non-hydrogen) atoms. The Morgan fingerprint density at radius 1 is 1.43 bits per heavy atom. The second-order valence-electron chi connectivity index (χ2n) is 4.34. The van der Waals surface area contributed by atoms with Gasteiger partial charge in [-0.25, -0.2) is 14.6 Å². The third kappa shape index (κ3) is 4.33. The Hall–Kier alpha value is -2.33. The molecule has 2 amide bonds. The number of nitrogens with one attached hydrogen (secondary N) is 3. The highest BCUT2D eigenvalue weighted by atomic mass is 19.4. The van der Waals surface area contributed by atoms with Crippen LogP contribution in [0.4, 0.5) is 18.0 Å². The number of hydrogen-bond acceptors (Lipinski definition) is 4. The van der Waals surface area contributed by atoms with Crippen LogP contribution in [-0.2, 0) is 11.2 Å². The second kappa shape index (κ2) is 6.41. The molecule has 11 heteroatoms. The molecule has 0 aliphatic heterocycles. The highest BCUT2D eigenvalue weighted by molar-refractivity contribution is 5.86. The van der Waals surface area contributed by atoms with Gasteiger partial charge in [0.2, 0.25) is 5.54 Å². The summed E-state index contributed by atoms with van der Waals surface area (Å²) in [5.74, 6) is -1.62. The van der Waals surface area contributed by atoms with Gasteiger partial charge in [0.25, 0.3) is 0 Å². The van der Waals surface area contributed by atoms with E-state index in [9.17, 15) is 22.8 Å². The molecular formula is C10H14F3N5O3. The summed E-state index contributed by atoms with van der Waals surface area (Å²) in [6.45, 7) is 0.434. The summed E-state index contributed by atoms with van der Waals surface area (Å²) in [5.41, 5.74) is -3.35. The minimum Gasteiger partial charge on any atom is -0.479 e. The number of nitrogens with zero attached hydrogens (tertiary/aromatic N) is 2. The van der Waals surface area contributed by atoms with Crippen molar-refractivity contribution in [2.45, 2.75) is 31.5 Å². The Labute approximate surface area is 117 Å². The zero-order chi connectivity index (χ0) is 16.1. The number of aliphatic carboxylic acids is 1. The fourth-order valence-corrected chi connectivity index (χ4v) is 1.33. The first-order valence-corrected chi connectivity index (χ1v) is 5.87. The van der Waals surface area contributed by atoms with E-state index < -0.39 is 23.7 Å². The summed E-state index contributed by atoms with van der Waals surface area (Å²) in [6.07, 6.45) is -2.97. The highest BCUT2D eigenvalue weighted by Crippen LogP contribution is 2.30. The molecule has 1 atom stereocenters. The molecular weight excluding hydrogens is 295 g/mol. The molecule has 0 aliphatic carbocycles. The number of carbonyl (C=O) groups excluding carboxylic acids is 1. The third-order valence-corrected chi connectivity index (χ3v) is 2.70. The van der Waals surface area contributed by atoms with Crippen molar-refractivity contribution >= 4 is 12.0 Å². The summed E-state index contributed by atoms with van der Waals surface area (Å²) < 4.78 is 37.9. The standard InChI is InChI=1S/C10H14F3N5O3/c1-9(7(19)20,10(11,12)13)17-8(21)14-4-2-3-6-15-5-16-18-6/h5H,2-4H2,1H3,(H,19,20)(H2,14,17,21)(H,15,16,18). The quantitative estimate of drug-likeness (QED) is 0.568. The fraction of sp³-hybridized carbons (Fsp3) is 0.600. The number of H-pyrrole nitrogens is 1. The summed E-state index contributed by atoms with van der Waals surface area (Å²) in [7, 11) is 0. The number of halogens is 3. The lowest BCUT2D eigenvalue weighted by molar-refractivity contribution is -0.203. The lowest BCUT2D eigenvalue weighted by Gasteiger charge is -2.28. The van der Waals surface area contributed by atoms with Crippen LogP contribution >= 0.6 is 0 Å².